The second-order valence-corrected chi connectivity index (χ2v) is 6.36. The summed E-state index contributed by atoms with van der Waals surface area (Å²) in [6, 6.07) is 4.78. The molecule has 0 radical (unpaired) electrons. The molecule has 2 saturated heterocycles. The SMILES string of the molecule is O=C([C@H]1CCCO1)N1CC[NH+](Cc2c(F)cccc2Cl)CC1. The molecule has 2 heterocycles. The van der Waals surface area contributed by atoms with Crippen molar-refractivity contribution in [1.82, 2.24) is 4.90 Å². The zero-order valence-electron chi connectivity index (χ0n) is 12.5. The molecule has 0 spiro atoms. The van der Waals surface area contributed by atoms with Crippen molar-refractivity contribution in [2.75, 3.05) is 32.8 Å². The summed E-state index contributed by atoms with van der Waals surface area (Å²) in [4.78, 5) is 15.4. The van der Waals surface area contributed by atoms with Gasteiger partial charge in [0.25, 0.3) is 5.91 Å². The van der Waals surface area contributed by atoms with Crippen molar-refractivity contribution in [3.63, 3.8) is 0 Å². The number of carbonyl (C=O) groups excluding carboxylic acids is 1. The molecule has 4 nitrogen and oxygen atoms in total. The number of hydrogen-bond donors (Lipinski definition) is 1. The van der Waals surface area contributed by atoms with E-state index in [1.54, 1.807) is 12.1 Å². The lowest BCUT2D eigenvalue weighted by molar-refractivity contribution is -0.917. The second kappa shape index (κ2) is 6.94. The predicted octanol–water partition coefficient (Wildman–Crippen LogP) is 0.885. The summed E-state index contributed by atoms with van der Waals surface area (Å²) in [7, 11) is 0. The zero-order chi connectivity index (χ0) is 15.5. The van der Waals surface area contributed by atoms with Crippen LogP contribution in [0.3, 0.4) is 0 Å². The van der Waals surface area contributed by atoms with Crippen LogP contribution in [0.1, 0.15) is 18.4 Å². The number of amides is 1. The van der Waals surface area contributed by atoms with Gasteiger partial charge in [0.1, 0.15) is 18.5 Å². The van der Waals surface area contributed by atoms with Crippen molar-refractivity contribution in [2.45, 2.75) is 25.5 Å². The molecule has 2 aliphatic rings. The van der Waals surface area contributed by atoms with Gasteiger partial charge in [-0.15, -0.1) is 0 Å². The highest BCUT2D eigenvalue weighted by Crippen LogP contribution is 2.18. The van der Waals surface area contributed by atoms with Gasteiger partial charge in [0.05, 0.1) is 36.8 Å². The number of piperazine rings is 1. The van der Waals surface area contributed by atoms with E-state index in [1.807, 2.05) is 4.90 Å². The predicted molar refractivity (Wildman–Crippen MR) is 81.4 cm³/mol. The Balaban J connectivity index is 1.54. The van der Waals surface area contributed by atoms with Gasteiger partial charge in [-0.2, -0.15) is 0 Å². The average Bonchev–Trinajstić information content (AvgIpc) is 3.05. The van der Waals surface area contributed by atoms with E-state index in [4.69, 9.17) is 16.3 Å². The Kier molecular flexibility index (Phi) is 4.96. The first-order valence-electron chi connectivity index (χ1n) is 7.82. The number of ether oxygens (including phenoxy) is 1. The summed E-state index contributed by atoms with van der Waals surface area (Å²) in [5.74, 6) is -0.140. The summed E-state index contributed by atoms with van der Waals surface area (Å²) in [5, 5.41) is 0.477. The average molecular weight is 328 g/mol. The molecule has 2 aliphatic heterocycles. The maximum Gasteiger partial charge on any atom is 0.252 e. The van der Waals surface area contributed by atoms with Gasteiger partial charge >= 0.3 is 0 Å². The quantitative estimate of drug-likeness (QED) is 0.894. The van der Waals surface area contributed by atoms with Crippen molar-refractivity contribution in [2.24, 2.45) is 0 Å². The number of nitrogens with zero attached hydrogens (tertiary/aromatic N) is 1. The molecule has 1 amide bonds. The number of benzene rings is 1. The summed E-state index contributed by atoms with van der Waals surface area (Å²) < 4.78 is 19.3. The smallest absolute Gasteiger partial charge is 0.252 e. The van der Waals surface area contributed by atoms with Crippen LogP contribution in [0.2, 0.25) is 5.02 Å². The summed E-state index contributed by atoms with van der Waals surface area (Å²) in [5.41, 5.74) is 0.568. The van der Waals surface area contributed by atoms with Gasteiger partial charge in [0, 0.05) is 6.61 Å². The number of nitrogens with one attached hydrogen (secondary N) is 1. The summed E-state index contributed by atoms with van der Waals surface area (Å²) >= 11 is 6.08. The van der Waals surface area contributed by atoms with E-state index >= 15 is 0 Å². The minimum Gasteiger partial charge on any atom is -0.368 e. The Morgan fingerprint density at radius 3 is 2.82 bits per heavy atom. The second-order valence-electron chi connectivity index (χ2n) is 5.95. The minimum atomic E-state index is -0.252. The first kappa shape index (κ1) is 15.7. The maximum absolute atomic E-state index is 13.8. The van der Waals surface area contributed by atoms with Crippen molar-refractivity contribution in [1.29, 1.82) is 0 Å². The molecule has 2 fully saturated rings. The van der Waals surface area contributed by atoms with Crippen LogP contribution in [0.25, 0.3) is 0 Å². The van der Waals surface area contributed by atoms with Crippen molar-refractivity contribution in [3.8, 4) is 0 Å². The molecule has 22 heavy (non-hydrogen) atoms. The zero-order valence-corrected chi connectivity index (χ0v) is 13.2. The fraction of sp³-hybridized carbons (Fsp3) is 0.562. The molecule has 1 aromatic rings. The largest absolute Gasteiger partial charge is 0.368 e. The van der Waals surface area contributed by atoms with E-state index < -0.39 is 0 Å². The minimum absolute atomic E-state index is 0.112. The molecule has 0 aliphatic carbocycles. The number of halogens is 2. The Hall–Kier alpha value is -1.17. The highest BCUT2D eigenvalue weighted by atomic mass is 35.5. The fourth-order valence-corrected chi connectivity index (χ4v) is 3.38. The Morgan fingerprint density at radius 2 is 2.18 bits per heavy atom. The molecule has 3 rings (SSSR count). The van der Waals surface area contributed by atoms with Crippen LogP contribution in [0.5, 0.6) is 0 Å². The van der Waals surface area contributed by atoms with E-state index in [1.165, 1.54) is 11.0 Å². The molecule has 6 heteroatoms. The van der Waals surface area contributed by atoms with Gasteiger partial charge < -0.3 is 14.5 Å². The van der Waals surface area contributed by atoms with Crippen molar-refractivity contribution in [3.05, 3.63) is 34.6 Å². The molecule has 1 aromatic carbocycles. The first-order valence-corrected chi connectivity index (χ1v) is 8.20. The number of rotatable bonds is 3. The molecule has 0 unspecified atom stereocenters. The Bertz CT molecular complexity index is 521. The van der Waals surface area contributed by atoms with E-state index in [9.17, 15) is 9.18 Å². The molecule has 1 atom stereocenters. The standard InChI is InChI=1S/C16H20ClFN2O2/c17-13-3-1-4-14(18)12(13)11-19-6-8-20(9-7-19)16(21)15-5-2-10-22-15/h1,3-4,15H,2,5-11H2/p+1/t15-/m1/s1. The van der Waals surface area contributed by atoms with Crippen LogP contribution >= 0.6 is 11.6 Å². The number of carbonyl (C=O) groups is 1. The van der Waals surface area contributed by atoms with Gasteiger partial charge in [-0.05, 0) is 25.0 Å². The lowest BCUT2D eigenvalue weighted by Gasteiger charge is -2.33. The molecule has 0 aromatic heterocycles. The maximum atomic E-state index is 13.8. The molecular formula is C16H21ClFN2O2+. The first-order chi connectivity index (χ1) is 10.6. The van der Waals surface area contributed by atoms with Gasteiger partial charge in [0.15, 0.2) is 0 Å². The van der Waals surface area contributed by atoms with Crippen LogP contribution in [0.4, 0.5) is 4.39 Å². The lowest BCUT2D eigenvalue weighted by atomic mass is 10.1. The Morgan fingerprint density at radius 1 is 1.41 bits per heavy atom. The molecule has 0 saturated carbocycles. The van der Waals surface area contributed by atoms with E-state index in [-0.39, 0.29) is 17.8 Å². The van der Waals surface area contributed by atoms with Gasteiger partial charge in [0.2, 0.25) is 0 Å². The highest BCUT2D eigenvalue weighted by molar-refractivity contribution is 6.31. The third-order valence-electron chi connectivity index (χ3n) is 4.48. The van der Waals surface area contributed by atoms with Crippen molar-refractivity contribution >= 4 is 17.5 Å². The third kappa shape index (κ3) is 3.42. The van der Waals surface area contributed by atoms with Gasteiger partial charge in [-0.1, -0.05) is 17.7 Å². The molecule has 0 bridgehead atoms. The van der Waals surface area contributed by atoms with E-state index in [0.717, 1.165) is 25.9 Å². The monoisotopic (exact) mass is 327 g/mol. The molecule has 120 valence electrons. The highest BCUT2D eigenvalue weighted by Gasteiger charge is 2.31. The van der Waals surface area contributed by atoms with E-state index in [0.29, 0.717) is 36.8 Å². The lowest BCUT2D eigenvalue weighted by Crippen LogP contribution is -3.13. The van der Waals surface area contributed by atoms with Crippen LogP contribution in [-0.4, -0.2) is 49.7 Å². The Labute approximate surface area is 134 Å². The topological polar surface area (TPSA) is 34.0 Å². The van der Waals surface area contributed by atoms with Crippen molar-refractivity contribution < 1.29 is 18.8 Å². The molecular weight excluding hydrogens is 307 g/mol. The fourth-order valence-electron chi connectivity index (χ4n) is 3.15. The number of quaternary nitrogens is 1. The van der Waals surface area contributed by atoms with Crippen LogP contribution in [-0.2, 0) is 16.1 Å². The van der Waals surface area contributed by atoms with E-state index in [2.05, 4.69) is 0 Å². The normalized spacial score (nSPS) is 23.0. The summed E-state index contributed by atoms with van der Waals surface area (Å²) in [6.45, 7) is 4.26. The van der Waals surface area contributed by atoms with Gasteiger partial charge in [-0.3, -0.25) is 4.79 Å². The van der Waals surface area contributed by atoms with Crippen LogP contribution in [0, 0.1) is 5.82 Å². The molecule has 1 N–H and O–H groups in total. The van der Waals surface area contributed by atoms with Crippen LogP contribution in [0.15, 0.2) is 18.2 Å². The summed E-state index contributed by atoms with van der Waals surface area (Å²) in [6.07, 6.45) is 1.55. The van der Waals surface area contributed by atoms with Gasteiger partial charge in [-0.25, -0.2) is 4.39 Å². The van der Waals surface area contributed by atoms with Crippen LogP contribution < -0.4 is 4.90 Å². The third-order valence-corrected chi connectivity index (χ3v) is 4.83. The number of hydrogen-bond acceptors (Lipinski definition) is 2.